The summed E-state index contributed by atoms with van der Waals surface area (Å²) in [5.41, 5.74) is 1.25. The highest BCUT2D eigenvalue weighted by molar-refractivity contribution is 7.61. The van der Waals surface area contributed by atoms with Crippen LogP contribution in [0, 0.1) is 6.92 Å². The van der Waals surface area contributed by atoms with Gasteiger partial charge in [0.1, 0.15) is 0 Å². The molecule has 3 aromatic carbocycles. The zero-order chi connectivity index (χ0) is 15.1. The topological polar surface area (TPSA) is 17.1 Å². The van der Waals surface area contributed by atoms with Gasteiger partial charge < -0.3 is 0 Å². The van der Waals surface area contributed by atoms with Gasteiger partial charge in [-0.3, -0.25) is 0 Å². The number of benzene rings is 3. The van der Waals surface area contributed by atoms with E-state index < -0.39 is 7.80 Å². The van der Waals surface area contributed by atoms with Crippen molar-refractivity contribution in [1.82, 2.24) is 0 Å². The largest absolute Gasteiger partial charge is 0.415 e. The van der Waals surface area contributed by atoms with Crippen molar-refractivity contribution < 1.29 is 4.57 Å². The summed E-state index contributed by atoms with van der Waals surface area (Å²) in [4.78, 5) is 0. The standard InChI is InChI=1S/C19H14OPS/c1-13-7-9-18-16(11-13)17-12-15(8-10-19(17)22-18)21(20)14-5-3-2-4-6-14/h2-12H,1H3/q+1. The van der Waals surface area contributed by atoms with E-state index in [1.165, 1.54) is 25.7 Å². The van der Waals surface area contributed by atoms with Gasteiger partial charge in [0.25, 0.3) is 0 Å². The third kappa shape index (κ3) is 2.25. The lowest BCUT2D eigenvalue weighted by Gasteiger charge is -1.94. The monoisotopic (exact) mass is 321 g/mol. The van der Waals surface area contributed by atoms with Crippen LogP contribution in [0.2, 0.25) is 0 Å². The molecule has 0 fully saturated rings. The maximum Gasteiger partial charge on any atom is 0.415 e. The van der Waals surface area contributed by atoms with E-state index in [9.17, 15) is 4.57 Å². The molecule has 0 amide bonds. The van der Waals surface area contributed by atoms with Crippen LogP contribution >= 0.6 is 19.1 Å². The number of fused-ring (bicyclic) bond motifs is 3. The van der Waals surface area contributed by atoms with Crippen molar-refractivity contribution in [3.05, 3.63) is 72.3 Å². The van der Waals surface area contributed by atoms with Crippen molar-refractivity contribution >= 4 is 49.9 Å². The Kier molecular flexibility index (Phi) is 3.29. The van der Waals surface area contributed by atoms with Crippen molar-refractivity contribution in [2.45, 2.75) is 6.92 Å². The molecule has 22 heavy (non-hydrogen) atoms. The van der Waals surface area contributed by atoms with E-state index in [1.54, 1.807) is 11.3 Å². The Bertz CT molecular complexity index is 1000. The molecule has 4 aromatic rings. The lowest BCUT2D eigenvalue weighted by atomic mass is 10.1. The molecule has 0 aliphatic carbocycles. The van der Waals surface area contributed by atoms with Gasteiger partial charge in [-0.1, -0.05) is 34.4 Å². The fourth-order valence-corrected chi connectivity index (χ4v) is 4.98. The Morgan fingerprint density at radius 3 is 2.23 bits per heavy atom. The number of rotatable bonds is 2. The van der Waals surface area contributed by atoms with Crippen LogP contribution in [0.5, 0.6) is 0 Å². The van der Waals surface area contributed by atoms with Gasteiger partial charge in [0.05, 0.1) is 0 Å². The van der Waals surface area contributed by atoms with Crippen molar-refractivity contribution in [3.63, 3.8) is 0 Å². The van der Waals surface area contributed by atoms with Gasteiger partial charge in [0, 0.05) is 26.2 Å². The molecule has 0 N–H and O–H groups in total. The minimum atomic E-state index is -1.53. The molecule has 1 aromatic heterocycles. The van der Waals surface area contributed by atoms with Crippen LogP contribution in [0.1, 0.15) is 5.56 Å². The molecular formula is C19H14OPS+. The second-order valence-electron chi connectivity index (χ2n) is 5.41. The van der Waals surface area contributed by atoms with Crippen molar-refractivity contribution in [3.8, 4) is 0 Å². The predicted molar refractivity (Wildman–Crippen MR) is 97.4 cm³/mol. The summed E-state index contributed by atoms with van der Waals surface area (Å²) in [5, 5.41) is 4.25. The first-order valence-corrected chi connectivity index (χ1v) is 9.25. The van der Waals surface area contributed by atoms with Crippen LogP contribution in [0.4, 0.5) is 0 Å². The summed E-state index contributed by atoms with van der Waals surface area (Å²) in [7, 11) is -1.53. The molecule has 1 nitrogen and oxygen atoms in total. The summed E-state index contributed by atoms with van der Waals surface area (Å²) in [6.45, 7) is 2.11. The van der Waals surface area contributed by atoms with Crippen LogP contribution in [0.3, 0.4) is 0 Å². The number of hydrogen-bond donors (Lipinski definition) is 0. The SMILES string of the molecule is Cc1ccc2sc3ccc([P+](=O)c4ccccc4)cc3c2c1. The van der Waals surface area contributed by atoms with E-state index in [2.05, 4.69) is 37.3 Å². The predicted octanol–water partition coefficient (Wildman–Crippen LogP) is 5.14. The summed E-state index contributed by atoms with van der Waals surface area (Å²) >= 11 is 1.79. The summed E-state index contributed by atoms with van der Waals surface area (Å²) in [5.74, 6) is 0. The molecule has 1 atom stereocenters. The quantitative estimate of drug-likeness (QED) is 0.467. The molecule has 1 heterocycles. The highest BCUT2D eigenvalue weighted by atomic mass is 32.1. The lowest BCUT2D eigenvalue weighted by Crippen LogP contribution is -2.05. The van der Waals surface area contributed by atoms with E-state index in [-0.39, 0.29) is 0 Å². The molecule has 0 saturated heterocycles. The lowest BCUT2D eigenvalue weighted by molar-refractivity contribution is 0.598. The molecule has 106 valence electrons. The van der Waals surface area contributed by atoms with Gasteiger partial charge in [0.2, 0.25) is 0 Å². The third-order valence-electron chi connectivity index (χ3n) is 3.83. The van der Waals surface area contributed by atoms with Gasteiger partial charge in [-0.15, -0.1) is 11.3 Å². The zero-order valence-corrected chi connectivity index (χ0v) is 13.8. The Morgan fingerprint density at radius 2 is 1.45 bits per heavy atom. The first kappa shape index (κ1) is 13.6. The second kappa shape index (κ2) is 5.31. The van der Waals surface area contributed by atoms with Gasteiger partial charge >= 0.3 is 7.80 Å². The van der Waals surface area contributed by atoms with Crippen LogP contribution in [-0.2, 0) is 4.57 Å². The fourth-order valence-electron chi connectivity index (χ4n) is 2.72. The van der Waals surface area contributed by atoms with E-state index in [0.29, 0.717) is 0 Å². The Hall–Kier alpha value is -2.02. The van der Waals surface area contributed by atoms with E-state index >= 15 is 0 Å². The van der Waals surface area contributed by atoms with E-state index in [4.69, 9.17) is 0 Å². The first-order valence-electron chi connectivity index (χ1n) is 7.17. The molecule has 0 spiro atoms. The van der Waals surface area contributed by atoms with Crippen molar-refractivity contribution in [1.29, 1.82) is 0 Å². The Morgan fingerprint density at radius 1 is 0.773 bits per heavy atom. The van der Waals surface area contributed by atoms with Gasteiger partial charge in [-0.25, -0.2) is 0 Å². The minimum absolute atomic E-state index is 0.882. The molecule has 0 aliphatic rings. The zero-order valence-electron chi connectivity index (χ0n) is 12.1. The molecule has 0 aliphatic heterocycles. The molecule has 1 unspecified atom stereocenters. The van der Waals surface area contributed by atoms with Crippen molar-refractivity contribution in [2.24, 2.45) is 0 Å². The molecular weight excluding hydrogens is 307 g/mol. The van der Waals surface area contributed by atoms with E-state index in [1.807, 2.05) is 36.4 Å². The van der Waals surface area contributed by atoms with Crippen LogP contribution < -0.4 is 10.6 Å². The third-order valence-corrected chi connectivity index (χ3v) is 6.50. The van der Waals surface area contributed by atoms with E-state index in [0.717, 1.165) is 10.6 Å². The van der Waals surface area contributed by atoms with Crippen LogP contribution in [0.25, 0.3) is 20.2 Å². The minimum Gasteiger partial charge on any atom is -0.135 e. The summed E-state index contributed by atoms with van der Waals surface area (Å²) in [6.07, 6.45) is 0. The molecule has 4 rings (SSSR count). The van der Waals surface area contributed by atoms with Crippen molar-refractivity contribution in [2.75, 3.05) is 0 Å². The second-order valence-corrected chi connectivity index (χ2v) is 8.12. The molecule has 0 saturated carbocycles. The number of thiophene rings is 1. The van der Waals surface area contributed by atoms with Crippen LogP contribution in [0.15, 0.2) is 66.7 Å². The molecule has 3 heteroatoms. The first-order chi connectivity index (χ1) is 10.7. The Balaban J connectivity index is 1.91. The number of aryl methyl sites for hydroxylation is 1. The average Bonchev–Trinajstić information content (AvgIpc) is 2.92. The van der Waals surface area contributed by atoms with Gasteiger partial charge in [-0.2, -0.15) is 0 Å². The normalized spacial score (nSPS) is 12.0. The maximum absolute atomic E-state index is 12.8. The fraction of sp³-hybridized carbons (Fsp3) is 0.0526. The summed E-state index contributed by atoms with van der Waals surface area (Å²) in [6, 6.07) is 22.4. The average molecular weight is 321 g/mol. The number of hydrogen-bond acceptors (Lipinski definition) is 2. The maximum atomic E-state index is 12.8. The summed E-state index contributed by atoms with van der Waals surface area (Å²) < 4.78 is 15.3. The molecule has 0 bridgehead atoms. The van der Waals surface area contributed by atoms with Gasteiger partial charge in [-0.05, 0) is 43.3 Å². The highest BCUT2D eigenvalue weighted by Crippen LogP contribution is 2.35. The smallest absolute Gasteiger partial charge is 0.135 e. The van der Waals surface area contributed by atoms with Crippen LogP contribution in [-0.4, -0.2) is 0 Å². The van der Waals surface area contributed by atoms with Gasteiger partial charge in [0.15, 0.2) is 10.6 Å². The molecule has 0 radical (unpaired) electrons. The Labute approximate surface area is 134 Å². The highest BCUT2D eigenvalue weighted by Gasteiger charge is 2.23.